The molecule has 0 bridgehead atoms. The molecule has 0 saturated heterocycles. The van der Waals surface area contributed by atoms with Gasteiger partial charge in [-0.05, 0) is 19.8 Å². The summed E-state index contributed by atoms with van der Waals surface area (Å²) in [7, 11) is 1.83. The number of aryl methyl sites for hydroxylation is 1. The molecule has 7 heteroatoms. The van der Waals surface area contributed by atoms with Crippen molar-refractivity contribution in [3.8, 4) is 0 Å². The summed E-state index contributed by atoms with van der Waals surface area (Å²) in [6.45, 7) is 2.01. The van der Waals surface area contributed by atoms with Crippen LogP contribution in [0.1, 0.15) is 26.2 Å². The van der Waals surface area contributed by atoms with E-state index in [9.17, 15) is 4.79 Å². The number of carboxylic acid groups (broad SMARTS) is 1. The van der Waals surface area contributed by atoms with Crippen molar-refractivity contribution in [3.05, 3.63) is 12.5 Å². The van der Waals surface area contributed by atoms with E-state index in [1.54, 1.807) is 10.9 Å². The minimum Gasteiger partial charge on any atom is -0.481 e. The van der Waals surface area contributed by atoms with E-state index in [1.807, 2.05) is 14.0 Å². The van der Waals surface area contributed by atoms with Gasteiger partial charge in [0, 0.05) is 19.5 Å². The fraction of sp³-hybridized carbons (Fsp3) is 0.500. The zero-order valence-corrected chi connectivity index (χ0v) is 11.0. The van der Waals surface area contributed by atoms with Crippen molar-refractivity contribution in [1.82, 2.24) is 19.7 Å². The molecule has 2 rings (SSSR count). The molecule has 102 valence electrons. The number of aliphatic carboxylic acids is 1. The van der Waals surface area contributed by atoms with Gasteiger partial charge in [0.05, 0.1) is 11.6 Å². The van der Waals surface area contributed by atoms with Gasteiger partial charge in [-0.15, -0.1) is 0 Å². The van der Waals surface area contributed by atoms with Crippen molar-refractivity contribution in [2.24, 2.45) is 7.05 Å². The van der Waals surface area contributed by atoms with Crippen LogP contribution in [0.2, 0.25) is 0 Å². The largest absolute Gasteiger partial charge is 0.481 e. The number of hydrogen-bond donors (Lipinski definition) is 2. The van der Waals surface area contributed by atoms with Crippen LogP contribution in [0.4, 0.5) is 5.82 Å². The van der Waals surface area contributed by atoms with E-state index in [-0.39, 0.29) is 12.5 Å². The number of fused-ring (bicyclic) bond motifs is 1. The van der Waals surface area contributed by atoms with Crippen LogP contribution >= 0.6 is 0 Å². The van der Waals surface area contributed by atoms with Crippen LogP contribution in [-0.4, -0.2) is 36.9 Å². The normalized spacial score (nSPS) is 12.5. The summed E-state index contributed by atoms with van der Waals surface area (Å²) in [4.78, 5) is 18.8. The number of nitrogens with zero attached hydrogens (tertiary/aromatic N) is 4. The van der Waals surface area contributed by atoms with Crippen LogP contribution < -0.4 is 5.32 Å². The molecule has 2 aromatic rings. The minimum atomic E-state index is -0.760. The minimum absolute atomic E-state index is 0.151. The lowest BCUT2D eigenvalue weighted by molar-refractivity contribution is -0.137. The maximum Gasteiger partial charge on any atom is 0.303 e. The van der Waals surface area contributed by atoms with E-state index in [0.717, 1.165) is 23.3 Å². The summed E-state index contributed by atoms with van der Waals surface area (Å²) in [6.07, 6.45) is 4.83. The predicted octanol–water partition coefficient (Wildman–Crippen LogP) is 1.42. The number of carbonyl (C=O) groups is 1. The van der Waals surface area contributed by atoms with Gasteiger partial charge < -0.3 is 10.4 Å². The van der Waals surface area contributed by atoms with E-state index < -0.39 is 5.97 Å². The first-order valence-corrected chi connectivity index (χ1v) is 6.19. The maximum absolute atomic E-state index is 10.5. The highest BCUT2D eigenvalue weighted by molar-refractivity contribution is 5.86. The van der Waals surface area contributed by atoms with Crippen LogP contribution in [0, 0.1) is 0 Å². The molecule has 0 fully saturated rings. The van der Waals surface area contributed by atoms with Crippen molar-refractivity contribution >= 4 is 22.8 Å². The zero-order valence-electron chi connectivity index (χ0n) is 11.0. The average molecular weight is 263 g/mol. The number of aromatic nitrogens is 4. The number of anilines is 1. The first kappa shape index (κ1) is 13.3. The molecule has 0 spiro atoms. The maximum atomic E-state index is 10.5. The Labute approximate surface area is 110 Å². The van der Waals surface area contributed by atoms with Crippen LogP contribution in [0.25, 0.3) is 11.0 Å². The molecule has 2 aromatic heterocycles. The summed E-state index contributed by atoms with van der Waals surface area (Å²) < 4.78 is 1.69. The average Bonchev–Trinajstić information content (AvgIpc) is 2.72. The van der Waals surface area contributed by atoms with Gasteiger partial charge in [0.1, 0.15) is 12.1 Å². The Hall–Kier alpha value is -2.18. The molecule has 0 saturated carbocycles. The van der Waals surface area contributed by atoms with Gasteiger partial charge in [-0.2, -0.15) is 5.10 Å². The Kier molecular flexibility index (Phi) is 3.94. The molecule has 0 aromatic carbocycles. The van der Waals surface area contributed by atoms with Gasteiger partial charge >= 0.3 is 5.97 Å². The number of nitrogens with one attached hydrogen (secondary N) is 1. The van der Waals surface area contributed by atoms with Crippen molar-refractivity contribution in [2.45, 2.75) is 32.2 Å². The quantitative estimate of drug-likeness (QED) is 0.818. The van der Waals surface area contributed by atoms with E-state index in [2.05, 4.69) is 20.4 Å². The monoisotopic (exact) mass is 263 g/mol. The lowest BCUT2D eigenvalue weighted by Crippen LogP contribution is -2.16. The Bertz CT molecular complexity index is 581. The topological polar surface area (TPSA) is 92.9 Å². The standard InChI is InChI=1S/C12H17N5O2/c1-8(4-3-5-10(18)19)16-11-9-6-15-17(2)12(9)14-7-13-11/h6-8H,3-5H2,1-2H3,(H,18,19)(H,13,14,16). The van der Waals surface area contributed by atoms with Crippen molar-refractivity contribution in [3.63, 3.8) is 0 Å². The SMILES string of the molecule is CC(CCCC(=O)O)Nc1ncnc2c1cnn2C. The Morgan fingerprint density at radius 2 is 2.32 bits per heavy atom. The first-order valence-electron chi connectivity index (χ1n) is 6.19. The highest BCUT2D eigenvalue weighted by Gasteiger charge is 2.10. The molecule has 0 aliphatic carbocycles. The third-order valence-electron chi connectivity index (χ3n) is 2.94. The second-order valence-electron chi connectivity index (χ2n) is 4.56. The van der Waals surface area contributed by atoms with Crippen molar-refractivity contribution in [2.75, 3.05) is 5.32 Å². The summed E-state index contributed by atoms with van der Waals surface area (Å²) in [5.41, 5.74) is 0.773. The van der Waals surface area contributed by atoms with Crippen molar-refractivity contribution in [1.29, 1.82) is 0 Å². The third kappa shape index (κ3) is 3.18. The molecule has 0 radical (unpaired) electrons. The molecule has 0 amide bonds. The third-order valence-corrected chi connectivity index (χ3v) is 2.94. The second kappa shape index (κ2) is 5.64. The summed E-state index contributed by atoms with van der Waals surface area (Å²) in [5, 5.41) is 16.9. The molecule has 2 N–H and O–H groups in total. The summed E-state index contributed by atoms with van der Waals surface area (Å²) >= 11 is 0. The van der Waals surface area contributed by atoms with Gasteiger partial charge in [-0.25, -0.2) is 9.97 Å². The van der Waals surface area contributed by atoms with Gasteiger partial charge in [0.2, 0.25) is 0 Å². The van der Waals surface area contributed by atoms with E-state index in [0.29, 0.717) is 6.42 Å². The van der Waals surface area contributed by atoms with Gasteiger partial charge in [0.15, 0.2) is 5.65 Å². The molecule has 1 unspecified atom stereocenters. The van der Waals surface area contributed by atoms with Gasteiger partial charge in [-0.1, -0.05) is 0 Å². The lowest BCUT2D eigenvalue weighted by atomic mass is 10.1. The molecule has 19 heavy (non-hydrogen) atoms. The van der Waals surface area contributed by atoms with Crippen molar-refractivity contribution < 1.29 is 9.90 Å². The molecular weight excluding hydrogens is 246 g/mol. The Morgan fingerprint density at radius 1 is 1.53 bits per heavy atom. The number of carboxylic acids is 1. The molecular formula is C12H17N5O2. The molecule has 0 aliphatic heterocycles. The molecule has 7 nitrogen and oxygen atoms in total. The fourth-order valence-electron chi connectivity index (χ4n) is 1.94. The van der Waals surface area contributed by atoms with Crippen LogP contribution in [-0.2, 0) is 11.8 Å². The zero-order chi connectivity index (χ0) is 13.8. The van der Waals surface area contributed by atoms with Crippen LogP contribution in [0.5, 0.6) is 0 Å². The lowest BCUT2D eigenvalue weighted by Gasteiger charge is -2.14. The number of hydrogen-bond acceptors (Lipinski definition) is 5. The van der Waals surface area contributed by atoms with E-state index >= 15 is 0 Å². The number of rotatable bonds is 6. The van der Waals surface area contributed by atoms with Crippen LogP contribution in [0.15, 0.2) is 12.5 Å². The van der Waals surface area contributed by atoms with Crippen LogP contribution in [0.3, 0.4) is 0 Å². The molecule has 2 heterocycles. The first-order chi connectivity index (χ1) is 9.08. The Balaban J connectivity index is 2.02. The highest BCUT2D eigenvalue weighted by atomic mass is 16.4. The fourth-order valence-corrected chi connectivity index (χ4v) is 1.94. The smallest absolute Gasteiger partial charge is 0.303 e. The van der Waals surface area contributed by atoms with Gasteiger partial charge in [0.25, 0.3) is 0 Å². The van der Waals surface area contributed by atoms with Gasteiger partial charge in [-0.3, -0.25) is 9.48 Å². The summed E-state index contributed by atoms with van der Waals surface area (Å²) in [6, 6.07) is 0.151. The van der Waals surface area contributed by atoms with E-state index in [1.165, 1.54) is 6.33 Å². The molecule has 0 aliphatic rings. The highest BCUT2D eigenvalue weighted by Crippen LogP contribution is 2.19. The molecule has 1 atom stereocenters. The van der Waals surface area contributed by atoms with E-state index in [4.69, 9.17) is 5.11 Å². The Morgan fingerprint density at radius 3 is 3.05 bits per heavy atom. The summed E-state index contributed by atoms with van der Waals surface area (Å²) in [5.74, 6) is -0.0233. The second-order valence-corrected chi connectivity index (χ2v) is 4.56. The predicted molar refractivity (Wildman–Crippen MR) is 70.9 cm³/mol.